The van der Waals surface area contributed by atoms with Gasteiger partial charge in [0.1, 0.15) is 17.2 Å². The van der Waals surface area contributed by atoms with Crippen LogP contribution in [0, 0.1) is 0 Å². The standard InChI is InChI=1S/C32H27Cl2N3O6/c33-27-11-1-21(17-28(27)34)32(39)35-22-2-6-24(7-3-22)43-25-8-4-23(5-9-25)36-13-15-37(16-14-36)31(38)19-40-26-10-12-29-30(18-26)42-20-41-29/h1-12,17-18H,13-16,19-20H2,(H,35,39). The van der Waals surface area contributed by atoms with Gasteiger partial charge in [0, 0.05) is 49.2 Å². The van der Waals surface area contributed by atoms with E-state index < -0.39 is 0 Å². The number of carbonyl (C=O) groups is 2. The highest BCUT2D eigenvalue weighted by Gasteiger charge is 2.22. The summed E-state index contributed by atoms with van der Waals surface area (Å²) < 4.78 is 22.3. The molecule has 0 unspecified atom stereocenters. The fraction of sp³-hybridized carbons (Fsp3) is 0.188. The molecule has 1 saturated heterocycles. The first-order valence-corrected chi connectivity index (χ1v) is 14.4. The van der Waals surface area contributed by atoms with Gasteiger partial charge in [-0.25, -0.2) is 0 Å². The molecule has 0 aromatic heterocycles. The topological polar surface area (TPSA) is 89.6 Å². The van der Waals surface area contributed by atoms with Gasteiger partial charge >= 0.3 is 0 Å². The van der Waals surface area contributed by atoms with Crippen molar-refractivity contribution in [3.8, 4) is 28.7 Å². The Hall–Kier alpha value is -4.60. The summed E-state index contributed by atoms with van der Waals surface area (Å²) in [6.07, 6.45) is 0. The highest BCUT2D eigenvalue weighted by molar-refractivity contribution is 6.42. The lowest BCUT2D eigenvalue weighted by Crippen LogP contribution is -2.50. The molecule has 4 aromatic carbocycles. The summed E-state index contributed by atoms with van der Waals surface area (Å²) in [4.78, 5) is 29.3. The van der Waals surface area contributed by atoms with Gasteiger partial charge < -0.3 is 34.1 Å². The lowest BCUT2D eigenvalue weighted by Gasteiger charge is -2.36. The van der Waals surface area contributed by atoms with Gasteiger partial charge in [-0.05, 0) is 78.9 Å². The monoisotopic (exact) mass is 619 g/mol. The van der Waals surface area contributed by atoms with Crippen LogP contribution in [0.15, 0.2) is 84.9 Å². The number of anilines is 2. The van der Waals surface area contributed by atoms with Gasteiger partial charge in [-0.1, -0.05) is 23.2 Å². The highest BCUT2D eigenvalue weighted by atomic mass is 35.5. The summed E-state index contributed by atoms with van der Waals surface area (Å²) in [5.74, 6) is 2.84. The minimum absolute atomic E-state index is 0.0315. The van der Waals surface area contributed by atoms with Crippen molar-refractivity contribution in [1.82, 2.24) is 4.90 Å². The van der Waals surface area contributed by atoms with Crippen LogP contribution < -0.4 is 29.2 Å². The number of nitrogens with zero attached hydrogens (tertiary/aromatic N) is 2. The zero-order valence-electron chi connectivity index (χ0n) is 22.9. The molecule has 0 bridgehead atoms. The Bertz CT molecular complexity index is 1620. The Balaban J connectivity index is 0.958. The quantitative estimate of drug-likeness (QED) is 0.241. The Morgan fingerprint density at radius 3 is 2.14 bits per heavy atom. The molecule has 6 rings (SSSR count). The molecule has 0 spiro atoms. The predicted molar refractivity (Wildman–Crippen MR) is 164 cm³/mol. The number of ether oxygens (including phenoxy) is 4. The molecule has 0 saturated carbocycles. The van der Waals surface area contributed by atoms with Crippen molar-refractivity contribution in [2.24, 2.45) is 0 Å². The average molecular weight is 620 g/mol. The number of benzene rings is 4. The van der Waals surface area contributed by atoms with Crippen molar-refractivity contribution in [3.63, 3.8) is 0 Å². The Kier molecular flexibility index (Phi) is 8.44. The van der Waals surface area contributed by atoms with Crippen LogP contribution in [-0.2, 0) is 4.79 Å². The molecule has 2 amide bonds. The number of carbonyl (C=O) groups excluding carboxylic acids is 2. The van der Waals surface area contributed by atoms with E-state index in [9.17, 15) is 9.59 Å². The maximum absolute atomic E-state index is 12.7. The van der Waals surface area contributed by atoms with Gasteiger partial charge in [-0.3, -0.25) is 9.59 Å². The summed E-state index contributed by atoms with van der Waals surface area (Å²) in [5, 5.41) is 3.54. The fourth-order valence-corrected chi connectivity index (χ4v) is 5.02. The maximum Gasteiger partial charge on any atom is 0.260 e. The third kappa shape index (κ3) is 6.90. The molecular formula is C32H27Cl2N3O6. The van der Waals surface area contributed by atoms with E-state index in [1.54, 1.807) is 54.6 Å². The lowest BCUT2D eigenvalue weighted by molar-refractivity contribution is -0.133. The second-order valence-corrected chi connectivity index (χ2v) is 10.7. The van der Waals surface area contributed by atoms with Gasteiger partial charge in [0.05, 0.1) is 10.0 Å². The van der Waals surface area contributed by atoms with E-state index in [0.29, 0.717) is 76.2 Å². The Labute approximate surface area is 258 Å². The third-order valence-electron chi connectivity index (χ3n) is 7.07. The van der Waals surface area contributed by atoms with E-state index in [1.807, 2.05) is 29.2 Å². The van der Waals surface area contributed by atoms with Crippen LogP contribution in [0.4, 0.5) is 11.4 Å². The minimum atomic E-state index is -0.289. The van der Waals surface area contributed by atoms with Gasteiger partial charge in [0.25, 0.3) is 11.8 Å². The van der Waals surface area contributed by atoms with Crippen LogP contribution in [0.1, 0.15) is 10.4 Å². The van der Waals surface area contributed by atoms with Crippen molar-refractivity contribution in [2.75, 3.05) is 49.8 Å². The fourth-order valence-electron chi connectivity index (χ4n) is 4.73. The van der Waals surface area contributed by atoms with Crippen LogP contribution in [0.25, 0.3) is 0 Å². The van der Waals surface area contributed by atoms with E-state index in [0.717, 1.165) is 5.69 Å². The third-order valence-corrected chi connectivity index (χ3v) is 7.81. The largest absolute Gasteiger partial charge is 0.484 e. The number of amides is 2. The van der Waals surface area contributed by atoms with E-state index in [1.165, 1.54) is 6.07 Å². The molecular weight excluding hydrogens is 593 g/mol. The molecule has 2 aliphatic heterocycles. The number of fused-ring (bicyclic) bond motifs is 1. The summed E-state index contributed by atoms with van der Waals surface area (Å²) in [6.45, 7) is 2.80. The number of halogens is 2. The zero-order chi connectivity index (χ0) is 29.8. The van der Waals surface area contributed by atoms with Gasteiger partial charge in [-0.2, -0.15) is 0 Å². The molecule has 43 heavy (non-hydrogen) atoms. The number of rotatable bonds is 8. The second kappa shape index (κ2) is 12.7. The van der Waals surface area contributed by atoms with Gasteiger partial charge in [0.2, 0.25) is 6.79 Å². The van der Waals surface area contributed by atoms with Crippen LogP contribution in [0.5, 0.6) is 28.7 Å². The minimum Gasteiger partial charge on any atom is -0.484 e. The van der Waals surface area contributed by atoms with Gasteiger partial charge in [0.15, 0.2) is 18.1 Å². The van der Waals surface area contributed by atoms with E-state index in [2.05, 4.69) is 10.2 Å². The molecule has 1 fully saturated rings. The summed E-state index contributed by atoms with van der Waals surface area (Å²) in [6, 6.07) is 24.9. The zero-order valence-corrected chi connectivity index (χ0v) is 24.4. The van der Waals surface area contributed by atoms with Crippen molar-refractivity contribution in [1.29, 1.82) is 0 Å². The number of nitrogens with one attached hydrogen (secondary N) is 1. The predicted octanol–water partition coefficient (Wildman–Crippen LogP) is 6.49. The van der Waals surface area contributed by atoms with Crippen molar-refractivity contribution in [2.45, 2.75) is 0 Å². The summed E-state index contributed by atoms with van der Waals surface area (Å²) in [5.41, 5.74) is 2.08. The Morgan fingerprint density at radius 2 is 1.42 bits per heavy atom. The lowest BCUT2D eigenvalue weighted by atomic mass is 10.2. The first-order valence-electron chi connectivity index (χ1n) is 13.6. The summed E-state index contributed by atoms with van der Waals surface area (Å²) >= 11 is 11.9. The van der Waals surface area contributed by atoms with Crippen LogP contribution in [0.2, 0.25) is 10.0 Å². The normalized spacial score (nSPS) is 13.9. The van der Waals surface area contributed by atoms with Crippen LogP contribution in [0.3, 0.4) is 0 Å². The second-order valence-electron chi connectivity index (χ2n) is 9.87. The van der Waals surface area contributed by atoms with Crippen LogP contribution in [-0.4, -0.2) is 56.3 Å². The number of piperazine rings is 1. The molecule has 0 radical (unpaired) electrons. The summed E-state index contributed by atoms with van der Waals surface area (Å²) in [7, 11) is 0. The highest BCUT2D eigenvalue weighted by Crippen LogP contribution is 2.35. The van der Waals surface area contributed by atoms with E-state index >= 15 is 0 Å². The Morgan fingerprint density at radius 1 is 0.744 bits per heavy atom. The molecule has 2 heterocycles. The molecule has 220 valence electrons. The van der Waals surface area contributed by atoms with Crippen LogP contribution >= 0.6 is 23.2 Å². The van der Waals surface area contributed by atoms with Crippen molar-refractivity contribution >= 4 is 46.4 Å². The molecule has 9 nitrogen and oxygen atoms in total. The first kappa shape index (κ1) is 28.5. The molecule has 0 aliphatic carbocycles. The maximum atomic E-state index is 12.7. The SMILES string of the molecule is O=C(Nc1ccc(Oc2ccc(N3CCN(C(=O)COc4ccc5c(c4)OCO5)CC3)cc2)cc1)c1ccc(Cl)c(Cl)c1. The smallest absolute Gasteiger partial charge is 0.260 e. The number of hydrogen-bond acceptors (Lipinski definition) is 7. The molecule has 11 heteroatoms. The molecule has 1 N–H and O–H groups in total. The van der Waals surface area contributed by atoms with E-state index in [4.69, 9.17) is 42.1 Å². The average Bonchev–Trinajstić information content (AvgIpc) is 3.51. The molecule has 4 aromatic rings. The van der Waals surface area contributed by atoms with Crippen molar-refractivity contribution in [3.05, 3.63) is 101 Å². The first-order chi connectivity index (χ1) is 20.9. The van der Waals surface area contributed by atoms with Crippen molar-refractivity contribution < 1.29 is 28.5 Å². The molecule has 0 atom stereocenters. The molecule has 2 aliphatic rings. The van der Waals surface area contributed by atoms with Gasteiger partial charge in [-0.15, -0.1) is 0 Å². The number of hydrogen-bond donors (Lipinski definition) is 1. The van der Waals surface area contributed by atoms with E-state index in [-0.39, 0.29) is 25.2 Å².